The van der Waals surface area contributed by atoms with Crippen molar-refractivity contribution in [3.05, 3.63) is 77.6 Å². The quantitative estimate of drug-likeness (QED) is 0.219. The van der Waals surface area contributed by atoms with Crippen molar-refractivity contribution < 1.29 is 27.2 Å². The molecule has 0 amide bonds. The molecule has 2 saturated carbocycles. The van der Waals surface area contributed by atoms with Crippen LogP contribution >= 0.6 is 0 Å². The number of aryl methyl sites for hydroxylation is 1. The fraction of sp³-hybridized carbons (Fsp3) is 0.529. The minimum absolute atomic E-state index is 0.0332. The third-order valence-corrected chi connectivity index (χ3v) is 11.3. The first-order valence-electron chi connectivity index (χ1n) is 15.1. The summed E-state index contributed by atoms with van der Waals surface area (Å²) in [4.78, 5) is 16.1. The number of ether oxygens (including phenoxy) is 2. The molecule has 2 fully saturated rings. The van der Waals surface area contributed by atoms with Gasteiger partial charge in [-0.25, -0.2) is 4.79 Å². The van der Waals surface area contributed by atoms with Crippen LogP contribution in [-0.4, -0.2) is 36.8 Å². The van der Waals surface area contributed by atoms with Crippen LogP contribution in [0.25, 0.3) is 5.57 Å². The van der Waals surface area contributed by atoms with Crippen molar-refractivity contribution in [1.29, 1.82) is 0 Å². The highest BCUT2D eigenvalue weighted by Crippen LogP contribution is 2.66. The molecule has 0 radical (unpaired) electrons. The van der Waals surface area contributed by atoms with Crippen LogP contribution in [0.2, 0.25) is 0 Å². The van der Waals surface area contributed by atoms with Crippen LogP contribution in [0.1, 0.15) is 76.8 Å². The summed E-state index contributed by atoms with van der Waals surface area (Å²) in [6, 6.07) is 10.3. The maximum atomic E-state index is 11.8. The molecule has 1 aromatic carbocycles. The van der Waals surface area contributed by atoms with E-state index in [2.05, 4.69) is 43.1 Å². The number of hydrogen-bond acceptors (Lipinski definition) is 6. The number of aromatic nitrogens is 1. The summed E-state index contributed by atoms with van der Waals surface area (Å²) in [6.45, 7) is 9.02. The first-order valence-corrected chi connectivity index (χ1v) is 16.6. The van der Waals surface area contributed by atoms with E-state index in [1.807, 2.05) is 26.2 Å². The third-order valence-electron chi connectivity index (χ3n) is 10.5. The highest BCUT2D eigenvalue weighted by atomic mass is 32.2. The second-order valence-corrected chi connectivity index (χ2v) is 14.2. The van der Waals surface area contributed by atoms with Crippen molar-refractivity contribution in [2.24, 2.45) is 28.6 Å². The Bertz CT molecular complexity index is 1450. The van der Waals surface area contributed by atoms with E-state index in [9.17, 15) is 13.2 Å². The van der Waals surface area contributed by atoms with Crippen LogP contribution < -0.4 is 0 Å². The van der Waals surface area contributed by atoms with E-state index in [1.165, 1.54) is 48.1 Å². The Hall–Kier alpha value is -2.97. The number of nitrogens with zero attached hydrogens (tertiary/aromatic N) is 1. The largest absolute Gasteiger partial charge is 0.508 e. The molecule has 0 bridgehead atoms. The summed E-state index contributed by atoms with van der Waals surface area (Å²) in [7, 11) is -4.02. The molecule has 4 unspecified atom stereocenters. The molecular formula is C34H43NO6S. The van der Waals surface area contributed by atoms with Gasteiger partial charge in [-0.15, -0.1) is 0 Å². The van der Waals surface area contributed by atoms with E-state index in [0.29, 0.717) is 12.5 Å². The minimum Gasteiger partial charge on any atom is -0.435 e. The van der Waals surface area contributed by atoms with Gasteiger partial charge in [0.2, 0.25) is 0 Å². The molecule has 4 aliphatic rings. The summed E-state index contributed by atoms with van der Waals surface area (Å²) in [5.41, 5.74) is 5.82. The first kappa shape index (κ1) is 30.5. The van der Waals surface area contributed by atoms with Crippen molar-refractivity contribution in [1.82, 2.24) is 4.98 Å². The smallest absolute Gasteiger partial charge is 0.435 e. The topological polar surface area (TPSA) is 103 Å². The fourth-order valence-electron chi connectivity index (χ4n) is 8.26. The zero-order valence-corrected chi connectivity index (χ0v) is 25.9. The average Bonchev–Trinajstić information content (AvgIpc) is 3.31. The summed E-state index contributed by atoms with van der Waals surface area (Å²) in [6.07, 6.45) is 16.2. The second kappa shape index (κ2) is 12.0. The molecule has 0 aliphatic heterocycles. The Morgan fingerprint density at radius 3 is 2.43 bits per heavy atom. The molecule has 4 aliphatic carbocycles. The Kier molecular flexibility index (Phi) is 8.68. The van der Waals surface area contributed by atoms with Crippen molar-refractivity contribution in [2.45, 2.75) is 83.6 Å². The maximum Gasteiger partial charge on any atom is 0.508 e. The van der Waals surface area contributed by atoms with Crippen LogP contribution in [0.3, 0.4) is 0 Å². The third kappa shape index (κ3) is 5.93. The van der Waals surface area contributed by atoms with Gasteiger partial charge >= 0.3 is 6.16 Å². The summed E-state index contributed by atoms with van der Waals surface area (Å²) < 4.78 is 40.2. The number of hydrogen-bond donors (Lipinski definition) is 1. The highest BCUT2D eigenvalue weighted by Gasteiger charge is 2.57. The van der Waals surface area contributed by atoms with Crippen LogP contribution in [0.4, 0.5) is 4.79 Å². The van der Waals surface area contributed by atoms with Gasteiger partial charge in [0, 0.05) is 18.8 Å². The molecule has 1 aromatic heterocycles. The number of benzene rings is 1. The van der Waals surface area contributed by atoms with E-state index in [4.69, 9.17) is 14.0 Å². The number of rotatable bonds is 4. The van der Waals surface area contributed by atoms with Crippen LogP contribution in [0.15, 0.2) is 71.4 Å². The Morgan fingerprint density at radius 2 is 1.76 bits per heavy atom. The molecule has 6 rings (SSSR count). The lowest BCUT2D eigenvalue weighted by Gasteiger charge is -2.57. The Morgan fingerprint density at radius 1 is 1.02 bits per heavy atom. The molecule has 8 heteroatoms. The highest BCUT2D eigenvalue weighted by molar-refractivity contribution is 7.85. The average molecular weight is 594 g/mol. The molecule has 0 saturated heterocycles. The fourth-order valence-corrected chi connectivity index (χ4v) is 8.74. The molecule has 0 spiro atoms. The molecule has 7 nitrogen and oxygen atoms in total. The zero-order valence-electron chi connectivity index (χ0n) is 25.1. The second-order valence-electron chi connectivity index (χ2n) is 12.8. The van der Waals surface area contributed by atoms with Crippen molar-refractivity contribution >= 4 is 21.8 Å². The minimum atomic E-state index is -4.02. The van der Waals surface area contributed by atoms with E-state index in [-0.39, 0.29) is 21.8 Å². The zero-order chi connectivity index (χ0) is 30.1. The number of carbonyl (C=O) groups is 1. The normalized spacial score (nSPS) is 31.6. The van der Waals surface area contributed by atoms with Gasteiger partial charge in [0.1, 0.15) is 6.10 Å². The predicted molar refractivity (Wildman–Crippen MR) is 162 cm³/mol. The molecule has 2 aromatic rings. The molecule has 42 heavy (non-hydrogen) atoms. The van der Waals surface area contributed by atoms with Crippen molar-refractivity contribution in [3.63, 3.8) is 0 Å². The predicted octanol–water partition coefficient (Wildman–Crippen LogP) is 7.82. The van der Waals surface area contributed by atoms with Gasteiger partial charge in [0.25, 0.3) is 10.1 Å². The SMILES string of the molecule is CCOC(=O)OC1CC[C@@]2(C)C(=CCC3C2CC[C@]2(C)C(c4cccnc4)=CCC32)C1.Cc1ccc(S(=O)(=O)O)cc1. The van der Waals surface area contributed by atoms with E-state index < -0.39 is 16.3 Å². The number of carbonyl (C=O) groups excluding carboxylic acids is 1. The van der Waals surface area contributed by atoms with E-state index >= 15 is 0 Å². The molecular weight excluding hydrogens is 550 g/mol. The monoisotopic (exact) mass is 593 g/mol. The van der Waals surface area contributed by atoms with Gasteiger partial charge in [-0.05, 0) is 110 Å². The van der Waals surface area contributed by atoms with Crippen LogP contribution in [-0.2, 0) is 19.6 Å². The number of pyridine rings is 1. The van der Waals surface area contributed by atoms with Crippen LogP contribution in [0, 0.1) is 35.5 Å². The van der Waals surface area contributed by atoms with Gasteiger partial charge in [-0.2, -0.15) is 8.42 Å². The summed E-state index contributed by atoms with van der Waals surface area (Å²) in [5, 5.41) is 0. The van der Waals surface area contributed by atoms with E-state index in [1.54, 1.807) is 12.1 Å². The van der Waals surface area contributed by atoms with Gasteiger partial charge in [-0.1, -0.05) is 55.3 Å². The van der Waals surface area contributed by atoms with Gasteiger partial charge in [-0.3, -0.25) is 9.54 Å². The van der Waals surface area contributed by atoms with Gasteiger partial charge < -0.3 is 9.47 Å². The van der Waals surface area contributed by atoms with Crippen LogP contribution in [0.5, 0.6) is 0 Å². The van der Waals surface area contributed by atoms with E-state index in [0.717, 1.165) is 43.1 Å². The lowest BCUT2D eigenvalue weighted by Crippen LogP contribution is -2.50. The standard InChI is InChI=1S/C27H35NO3.C7H8O3S/c1-4-30-25(29)31-20-11-13-26(2)19(16-20)7-8-21-23-10-9-22(18-6-5-15-28-17-18)27(23,3)14-12-24(21)26;1-6-2-4-7(5-3-6)11(8,9)10/h5-7,9,15,17,20-21,23-24H,4,8,10-14,16H2,1-3H3;2-5H,1H3,(H,8,9,10)/t20?,21?,23?,24?,26-,27+;/m0./s1. The Labute approximate surface area is 250 Å². The maximum absolute atomic E-state index is 11.8. The van der Waals surface area contributed by atoms with Crippen molar-refractivity contribution in [2.75, 3.05) is 6.61 Å². The number of fused-ring (bicyclic) bond motifs is 5. The lowest BCUT2D eigenvalue weighted by molar-refractivity contribution is -0.0353. The summed E-state index contributed by atoms with van der Waals surface area (Å²) in [5.74, 6) is 2.18. The molecule has 226 valence electrons. The Balaban J connectivity index is 0.000000271. The molecule has 1 N–H and O–H groups in total. The van der Waals surface area contributed by atoms with Gasteiger partial charge in [0.05, 0.1) is 11.5 Å². The molecule has 6 atom stereocenters. The lowest BCUT2D eigenvalue weighted by atomic mass is 9.47. The molecule has 1 heterocycles. The first-order chi connectivity index (χ1) is 20.0. The number of allylic oxidation sites excluding steroid dienone is 3. The summed E-state index contributed by atoms with van der Waals surface area (Å²) >= 11 is 0. The van der Waals surface area contributed by atoms with Crippen molar-refractivity contribution in [3.8, 4) is 0 Å². The van der Waals surface area contributed by atoms with Gasteiger partial charge in [0.15, 0.2) is 0 Å².